The molecule has 1 aromatic rings. The van der Waals surface area contributed by atoms with E-state index < -0.39 is 18.0 Å². The Labute approximate surface area is 129 Å². The molecule has 1 N–H and O–H groups in total. The molecule has 0 amide bonds. The first-order valence-electron chi connectivity index (χ1n) is 7.74. The zero-order valence-corrected chi connectivity index (χ0v) is 12.7. The highest BCUT2D eigenvalue weighted by atomic mass is 16.5. The smallest absolute Gasteiger partial charge is 0.341 e. The van der Waals surface area contributed by atoms with E-state index in [-0.39, 0.29) is 0 Å². The van der Waals surface area contributed by atoms with Gasteiger partial charge in [0.15, 0.2) is 0 Å². The molecule has 1 saturated carbocycles. The molecule has 2 heterocycles. The van der Waals surface area contributed by atoms with Crippen molar-refractivity contribution in [2.24, 2.45) is 5.92 Å². The van der Waals surface area contributed by atoms with E-state index in [1.807, 2.05) is 4.90 Å². The summed E-state index contributed by atoms with van der Waals surface area (Å²) in [6, 6.07) is 1.49. The Hall–Kier alpha value is -1.82. The summed E-state index contributed by atoms with van der Waals surface area (Å²) < 4.78 is 10.1. The summed E-state index contributed by atoms with van der Waals surface area (Å²) in [4.78, 5) is 25.1. The van der Waals surface area contributed by atoms with Gasteiger partial charge in [-0.1, -0.05) is 12.8 Å². The molecule has 1 aliphatic heterocycles. The first-order valence-corrected chi connectivity index (χ1v) is 7.74. The number of likely N-dealkylation sites (tertiary alicyclic amines) is 1. The van der Waals surface area contributed by atoms with Crippen LogP contribution in [0.5, 0.6) is 0 Å². The quantitative estimate of drug-likeness (QED) is 0.860. The minimum absolute atomic E-state index is 0.307. The zero-order chi connectivity index (χ0) is 15.7. The van der Waals surface area contributed by atoms with Gasteiger partial charge in [-0.05, 0) is 31.2 Å². The Morgan fingerprint density at radius 3 is 2.91 bits per heavy atom. The van der Waals surface area contributed by atoms with Gasteiger partial charge in [0, 0.05) is 6.04 Å². The van der Waals surface area contributed by atoms with Crippen LogP contribution in [0.4, 0.5) is 0 Å². The summed E-state index contributed by atoms with van der Waals surface area (Å²) in [6.45, 7) is 0.426. The lowest BCUT2D eigenvalue weighted by molar-refractivity contribution is -0.143. The lowest BCUT2D eigenvalue weighted by Crippen LogP contribution is -2.41. The van der Waals surface area contributed by atoms with Crippen molar-refractivity contribution in [3.63, 3.8) is 0 Å². The fourth-order valence-electron chi connectivity index (χ4n) is 3.89. The lowest BCUT2D eigenvalue weighted by atomic mass is 9.85. The van der Waals surface area contributed by atoms with E-state index in [0.29, 0.717) is 36.2 Å². The molecule has 0 aromatic carbocycles. The number of hydrogen-bond acceptors (Lipinski definition) is 5. The summed E-state index contributed by atoms with van der Waals surface area (Å²) in [7, 11) is 1.32. The van der Waals surface area contributed by atoms with Gasteiger partial charge < -0.3 is 14.3 Å². The number of hydrogen-bond donors (Lipinski definition) is 1. The van der Waals surface area contributed by atoms with Gasteiger partial charge in [0.05, 0.1) is 19.2 Å². The number of aliphatic carboxylic acids is 1. The first kappa shape index (κ1) is 15.1. The summed E-state index contributed by atoms with van der Waals surface area (Å²) in [5.74, 6) is -0.140. The SMILES string of the molecule is COC(=O)c1coc(CN2C(C(=O)O)CC3CCCCC32)c1. The number of rotatable bonds is 4. The predicted octanol–water partition coefficient (Wildman–Crippen LogP) is 2.28. The van der Waals surface area contributed by atoms with Gasteiger partial charge in [0.1, 0.15) is 18.1 Å². The van der Waals surface area contributed by atoms with E-state index in [4.69, 9.17) is 4.42 Å². The Morgan fingerprint density at radius 2 is 2.18 bits per heavy atom. The van der Waals surface area contributed by atoms with Gasteiger partial charge in [-0.2, -0.15) is 0 Å². The second-order valence-corrected chi connectivity index (χ2v) is 6.17. The van der Waals surface area contributed by atoms with Crippen LogP contribution in [0.25, 0.3) is 0 Å². The molecular weight excluding hydrogens is 286 g/mol. The molecule has 120 valence electrons. The first-order chi connectivity index (χ1) is 10.6. The van der Waals surface area contributed by atoms with E-state index in [1.54, 1.807) is 6.07 Å². The molecule has 1 aromatic heterocycles. The fourth-order valence-corrected chi connectivity index (χ4v) is 3.89. The van der Waals surface area contributed by atoms with Gasteiger partial charge in [-0.15, -0.1) is 0 Å². The van der Waals surface area contributed by atoms with E-state index in [9.17, 15) is 14.7 Å². The number of nitrogens with zero attached hydrogens (tertiary/aromatic N) is 1. The molecule has 3 unspecified atom stereocenters. The zero-order valence-electron chi connectivity index (χ0n) is 12.7. The molecular formula is C16H21NO5. The van der Waals surface area contributed by atoms with Gasteiger partial charge >= 0.3 is 11.9 Å². The van der Waals surface area contributed by atoms with E-state index in [2.05, 4.69) is 4.74 Å². The molecule has 1 aliphatic carbocycles. The van der Waals surface area contributed by atoms with Crippen LogP contribution in [-0.2, 0) is 16.1 Å². The highest BCUT2D eigenvalue weighted by Crippen LogP contribution is 2.40. The number of ether oxygens (including phenoxy) is 1. The molecule has 3 atom stereocenters. The van der Waals surface area contributed by atoms with Crippen molar-refractivity contribution >= 4 is 11.9 Å². The maximum absolute atomic E-state index is 11.6. The largest absolute Gasteiger partial charge is 0.480 e. The molecule has 3 rings (SSSR count). The minimum Gasteiger partial charge on any atom is -0.480 e. The highest BCUT2D eigenvalue weighted by molar-refractivity contribution is 5.88. The third-order valence-corrected chi connectivity index (χ3v) is 4.92. The van der Waals surface area contributed by atoms with E-state index >= 15 is 0 Å². The van der Waals surface area contributed by atoms with Crippen LogP contribution in [0.2, 0.25) is 0 Å². The standard InChI is InChI=1S/C16H21NO5/c1-21-16(20)11-6-12(22-9-11)8-17-13-5-3-2-4-10(13)7-14(17)15(18)19/h6,9-10,13-14H,2-5,7-8H2,1H3,(H,18,19). The number of carboxylic acid groups (broad SMARTS) is 1. The van der Waals surface area contributed by atoms with Crippen molar-refractivity contribution in [1.82, 2.24) is 4.90 Å². The summed E-state index contributed by atoms with van der Waals surface area (Å²) in [5.41, 5.74) is 0.365. The number of methoxy groups -OCH3 is 1. The maximum atomic E-state index is 11.6. The summed E-state index contributed by atoms with van der Waals surface area (Å²) in [5, 5.41) is 9.49. The fraction of sp³-hybridized carbons (Fsp3) is 0.625. The molecule has 0 bridgehead atoms. The van der Waals surface area contributed by atoms with E-state index in [0.717, 1.165) is 19.3 Å². The van der Waals surface area contributed by atoms with Crippen LogP contribution in [0, 0.1) is 5.92 Å². The average Bonchev–Trinajstić information content (AvgIpc) is 3.12. The van der Waals surface area contributed by atoms with Crippen molar-refractivity contribution in [3.8, 4) is 0 Å². The Bertz CT molecular complexity index is 567. The molecule has 6 heteroatoms. The molecule has 22 heavy (non-hydrogen) atoms. The van der Waals surface area contributed by atoms with Crippen molar-refractivity contribution in [2.45, 2.75) is 50.7 Å². The molecule has 1 saturated heterocycles. The number of carbonyl (C=O) groups is 2. The van der Waals surface area contributed by atoms with Crippen LogP contribution in [0.3, 0.4) is 0 Å². The normalized spacial score (nSPS) is 28.3. The van der Waals surface area contributed by atoms with Crippen molar-refractivity contribution in [3.05, 3.63) is 23.7 Å². The Morgan fingerprint density at radius 1 is 1.41 bits per heavy atom. The van der Waals surface area contributed by atoms with Crippen LogP contribution in [0.15, 0.2) is 16.7 Å². The second-order valence-electron chi connectivity index (χ2n) is 6.17. The third-order valence-electron chi connectivity index (χ3n) is 4.92. The Balaban J connectivity index is 1.77. The highest BCUT2D eigenvalue weighted by Gasteiger charge is 2.45. The third kappa shape index (κ3) is 2.75. The van der Waals surface area contributed by atoms with Gasteiger partial charge in [-0.25, -0.2) is 4.79 Å². The monoisotopic (exact) mass is 307 g/mol. The van der Waals surface area contributed by atoms with Crippen molar-refractivity contribution < 1.29 is 23.8 Å². The van der Waals surface area contributed by atoms with Gasteiger partial charge in [0.2, 0.25) is 0 Å². The Kier molecular flexibility index (Phi) is 4.20. The molecule has 2 fully saturated rings. The number of fused-ring (bicyclic) bond motifs is 1. The van der Waals surface area contributed by atoms with Crippen LogP contribution in [-0.4, -0.2) is 41.1 Å². The van der Waals surface area contributed by atoms with Crippen LogP contribution >= 0.6 is 0 Å². The van der Waals surface area contributed by atoms with Gasteiger partial charge in [-0.3, -0.25) is 9.69 Å². The number of furan rings is 1. The number of carbonyl (C=O) groups excluding carboxylic acids is 1. The van der Waals surface area contributed by atoms with Crippen molar-refractivity contribution in [2.75, 3.05) is 7.11 Å². The topological polar surface area (TPSA) is 80.0 Å². The molecule has 6 nitrogen and oxygen atoms in total. The molecule has 0 radical (unpaired) electrons. The van der Waals surface area contributed by atoms with Crippen LogP contribution in [0.1, 0.15) is 48.2 Å². The summed E-state index contributed by atoms with van der Waals surface area (Å²) in [6.07, 6.45) is 6.57. The minimum atomic E-state index is -0.769. The number of esters is 1. The molecule has 0 spiro atoms. The van der Waals surface area contributed by atoms with Crippen molar-refractivity contribution in [1.29, 1.82) is 0 Å². The maximum Gasteiger partial charge on any atom is 0.341 e. The average molecular weight is 307 g/mol. The van der Waals surface area contributed by atoms with Crippen LogP contribution < -0.4 is 0 Å². The predicted molar refractivity (Wildman–Crippen MR) is 77.4 cm³/mol. The second kappa shape index (κ2) is 6.12. The summed E-state index contributed by atoms with van der Waals surface area (Å²) >= 11 is 0. The molecule has 2 aliphatic rings. The van der Waals surface area contributed by atoms with Gasteiger partial charge in [0.25, 0.3) is 0 Å². The lowest BCUT2D eigenvalue weighted by Gasteiger charge is -2.32. The number of carboxylic acids is 1. The van der Waals surface area contributed by atoms with E-state index in [1.165, 1.54) is 19.8 Å².